The van der Waals surface area contributed by atoms with Gasteiger partial charge in [0.25, 0.3) is 0 Å². The number of nitrogens with zero attached hydrogens (tertiary/aromatic N) is 1. The first-order valence-electron chi connectivity index (χ1n) is 5.54. The van der Waals surface area contributed by atoms with E-state index in [-0.39, 0.29) is 0 Å². The average Bonchev–Trinajstić information content (AvgIpc) is 2.20. The van der Waals surface area contributed by atoms with E-state index in [9.17, 15) is 0 Å². The Morgan fingerprint density at radius 3 is 2.27 bits per heavy atom. The first-order valence-corrected chi connectivity index (χ1v) is 5.54. The topological polar surface area (TPSA) is 3.24 Å². The summed E-state index contributed by atoms with van der Waals surface area (Å²) >= 11 is 0. The smallest absolute Gasteiger partial charge is 0.0600 e. The molecule has 0 heterocycles. The lowest BCUT2D eigenvalue weighted by Gasteiger charge is -1.99. The number of rotatable bonds is 4. The van der Waals surface area contributed by atoms with E-state index in [1.165, 1.54) is 19.3 Å². The van der Waals surface area contributed by atoms with Crippen molar-refractivity contribution in [1.29, 1.82) is 0 Å². The van der Waals surface area contributed by atoms with Crippen LogP contribution in [0.5, 0.6) is 0 Å². The Morgan fingerprint density at radius 2 is 1.67 bits per heavy atom. The van der Waals surface area contributed by atoms with Gasteiger partial charge < -0.3 is 0 Å². The molecule has 82 valence electrons. The molecule has 0 spiro atoms. The van der Waals surface area contributed by atoms with Crippen molar-refractivity contribution in [2.45, 2.75) is 32.6 Å². The van der Waals surface area contributed by atoms with Gasteiger partial charge in [-0.1, -0.05) is 43.4 Å². The quantitative estimate of drug-likeness (QED) is 0.501. The van der Waals surface area contributed by atoms with E-state index in [0.29, 0.717) is 0 Å². The molecule has 0 aromatic heterocycles. The Balaban J connectivity index is 3.54. The molecule has 0 aliphatic rings. The molecule has 0 saturated heterocycles. The lowest BCUT2D eigenvalue weighted by atomic mass is 10.2. The molecule has 15 heavy (non-hydrogen) atoms. The van der Waals surface area contributed by atoms with Crippen molar-refractivity contribution >= 4 is 0 Å². The van der Waals surface area contributed by atoms with Crippen molar-refractivity contribution in [3.63, 3.8) is 0 Å². The van der Waals surface area contributed by atoms with Crippen molar-refractivity contribution in [1.82, 2.24) is 4.90 Å². The maximum Gasteiger partial charge on any atom is 0.0600 e. The molecule has 0 unspecified atom stereocenters. The SMILES string of the molecule is CCCCCC#C/C=C\C#CCN(C)C. The van der Waals surface area contributed by atoms with Crippen LogP contribution in [0, 0.1) is 23.7 Å². The zero-order valence-corrected chi connectivity index (χ0v) is 10.1. The van der Waals surface area contributed by atoms with E-state index >= 15 is 0 Å². The van der Waals surface area contributed by atoms with Crippen LogP contribution in [0.1, 0.15) is 32.6 Å². The third-order valence-electron chi connectivity index (χ3n) is 1.75. The van der Waals surface area contributed by atoms with Crippen LogP contribution in [0.4, 0.5) is 0 Å². The highest BCUT2D eigenvalue weighted by molar-refractivity contribution is 5.25. The molecule has 0 aliphatic carbocycles. The highest BCUT2D eigenvalue weighted by Crippen LogP contribution is 1.96. The van der Waals surface area contributed by atoms with Crippen LogP contribution in [0.2, 0.25) is 0 Å². The third-order valence-corrected chi connectivity index (χ3v) is 1.75. The maximum atomic E-state index is 3.10. The number of hydrogen-bond acceptors (Lipinski definition) is 1. The van der Waals surface area contributed by atoms with E-state index in [1.807, 2.05) is 31.1 Å². The predicted molar refractivity (Wildman–Crippen MR) is 67.4 cm³/mol. The summed E-state index contributed by atoms with van der Waals surface area (Å²) in [6.07, 6.45) is 8.40. The summed E-state index contributed by atoms with van der Waals surface area (Å²) in [5, 5.41) is 0. The summed E-state index contributed by atoms with van der Waals surface area (Å²) in [6.45, 7) is 3.00. The first kappa shape index (κ1) is 13.8. The van der Waals surface area contributed by atoms with Crippen LogP contribution < -0.4 is 0 Å². The van der Waals surface area contributed by atoms with Gasteiger partial charge in [-0.25, -0.2) is 0 Å². The Bertz CT molecular complexity index is 278. The van der Waals surface area contributed by atoms with Gasteiger partial charge in [0, 0.05) is 6.42 Å². The molecule has 0 radical (unpaired) electrons. The summed E-state index contributed by atoms with van der Waals surface area (Å²) in [7, 11) is 4.01. The van der Waals surface area contributed by atoms with E-state index in [2.05, 4.69) is 30.6 Å². The Kier molecular flexibility index (Phi) is 10.0. The van der Waals surface area contributed by atoms with E-state index in [4.69, 9.17) is 0 Å². The van der Waals surface area contributed by atoms with E-state index in [0.717, 1.165) is 13.0 Å². The Hall–Kier alpha value is -1.18. The van der Waals surface area contributed by atoms with Crippen molar-refractivity contribution in [3.05, 3.63) is 12.2 Å². The molecular weight excluding hydrogens is 182 g/mol. The predicted octanol–water partition coefficient (Wildman–Crippen LogP) is 2.69. The van der Waals surface area contributed by atoms with Crippen LogP contribution >= 0.6 is 0 Å². The normalized spacial score (nSPS) is 9.60. The summed E-state index contributed by atoms with van der Waals surface area (Å²) < 4.78 is 0. The highest BCUT2D eigenvalue weighted by Gasteiger charge is 1.79. The monoisotopic (exact) mass is 203 g/mol. The zero-order chi connectivity index (χ0) is 11.4. The molecule has 0 N–H and O–H groups in total. The van der Waals surface area contributed by atoms with Crippen LogP contribution in [0.25, 0.3) is 0 Å². The van der Waals surface area contributed by atoms with Crippen molar-refractivity contribution in [3.8, 4) is 23.7 Å². The molecule has 0 fully saturated rings. The second-order valence-electron chi connectivity index (χ2n) is 3.67. The standard InChI is InChI=1S/C14H21N/c1-4-5-6-7-8-9-10-11-12-13-14-15(2)3/h10-11H,4-7,14H2,1-3H3/b11-10-. The van der Waals surface area contributed by atoms with Gasteiger partial charge >= 0.3 is 0 Å². The summed E-state index contributed by atoms with van der Waals surface area (Å²) in [5.41, 5.74) is 0. The second-order valence-corrected chi connectivity index (χ2v) is 3.67. The van der Waals surface area contributed by atoms with Crippen molar-refractivity contribution in [2.24, 2.45) is 0 Å². The van der Waals surface area contributed by atoms with Gasteiger partial charge in [-0.2, -0.15) is 0 Å². The third kappa shape index (κ3) is 12.8. The van der Waals surface area contributed by atoms with Crippen LogP contribution in [0.15, 0.2) is 12.2 Å². The number of hydrogen-bond donors (Lipinski definition) is 0. The fraction of sp³-hybridized carbons (Fsp3) is 0.571. The van der Waals surface area contributed by atoms with Crippen LogP contribution in [0.3, 0.4) is 0 Å². The van der Waals surface area contributed by atoms with Gasteiger partial charge in [-0.15, -0.1) is 0 Å². The molecule has 1 heteroatoms. The summed E-state index contributed by atoms with van der Waals surface area (Å²) in [6, 6.07) is 0. The molecular formula is C14H21N. The first-order chi connectivity index (χ1) is 7.27. The minimum Gasteiger partial charge on any atom is -0.299 e. The number of unbranched alkanes of at least 4 members (excludes halogenated alkanes) is 3. The largest absolute Gasteiger partial charge is 0.299 e. The molecule has 0 aromatic rings. The van der Waals surface area contributed by atoms with Crippen molar-refractivity contribution < 1.29 is 0 Å². The van der Waals surface area contributed by atoms with Gasteiger partial charge in [0.1, 0.15) is 0 Å². The van der Waals surface area contributed by atoms with Gasteiger partial charge in [0.05, 0.1) is 6.54 Å². The van der Waals surface area contributed by atoms with Gasteiger partial charge in [-0.05, 0) is 32.7 Å². The zero-order valence-electron chi connectivity index (χ0n) is 10.1. The van der Waals surface area contributed by atoms with Crippen LogP contribution in [-0.4, -0.2) is 25.5 Å². The van der Waals surface area contributed by atoms with Gasteiger partial charge in [-0.3, -0.25) is 4.90 Å². The molecule has 0 rings (SSSR count). The lowest BCUT2D eigenvalue weighted by molar-refractivity contribution is 0.464. The van der Waals surface area contributed by atoms with E-state index < -0.39 is 0 Å². The molecule has 0 amide bonds. The van der Waals surface area contributed by atoms with Crippen molar-refractivity contribution in [2.75, 3.05) is 20.6 Å². The fourth-order valence-corrected chi connectivity index (χ4v) is 0.940. The van der Waals surface area contributed by atoms with Crippen LogP contribution in [-0.2, 0) is 0 Å². The number of allylic oxidation sites excluding steroid dienone is 2. The van der Waals surface area contributed by atoms with Gasteiger partial charge in [0.15, 0.2) is 0 Å². The van der Waals surface area contributed by atoms with E-state index in [1.54, 1.807) is 0 Å². The lowest BCUT2D eigenvalue weighted by Crippen LogP contribution is -2.10. The molecule has 0 bridgehead atoms. The molecule has 1 nitrogen and oxygen atoms in total. The highest BCUT2D eigenvalue weighted by atomic mass is 15.0. The molecule has 0 aromatic carbocycles. The summed E-state index contributed by atoms with van der Waals surface area (Å²) in [4.78, 5) is 2.04. The summed E-state index contributed by atoms with van der Waals surface area (Å²) in [5.74, 6) is 12.1. The Labute approximate surface area is 94.6 Å². The molecule has 0 saturated carbocycles. The van der Waals surface area contributed by atoms with Gasteiger partial charge in [0.2, 0.25) is 0 Å². The maximum absolute atomic E-state index is 3.10. The minimum absolute atomic E-state index is 0.800. The molecule has 0 atom stereocenters. The minimum atomic E-state index is 0.800. The second kappa shape index (κ2) is 10.9. The Morgan fingerprint density at radius 1 is 1.00 bits per heavy atom. The fourth-order valence-electron chi connectivity index (χ4n) is 0.940. The molecule has 0 aliphatic heterocycles. The average molecular weight is 203 g/mol.